The molecule has 288 valence electrons. The topological polar surface area (TPSA) is 109 Å². The number of rotatable bonds is 12. The number of fused-ring (bicyclic) bond motifs is 3. The molecule has 54 heavy (non-hydrogen) atoms. The molecule has 2 heterocycles. The Morgan fingerprint density at radius 3 is 1.87 bits per heavy atom. The summed E-state index contributed by atoms with van der Waals surface area (Å²) in [6.07, 6.45) is 2.55. The van der Waals surface area contributed by atoms with Crippen molar-refractivity contribution in [2.75, 3.05) is 84.1 Å². The SMILES string of the molecule is COc1cc2c(c(Oc3ccc(C[C@H]4c5cc(OC)c(OC)c(OC)c5CC[N@+]4(C)[O-])cc3)c1OC)C[C@H]1c3c(c(OC)c(OC)c(OC)c3-2)CCN1C. The van der Waals surface area contributed by atoms with E-state index in [1.54, 1.807) is 63.9 Å². The van der Waals surface area contributed by atoms with E-state index in [-0.39, 0.29) is 12.1 Å². The summed E-state index contributed by atoms with van der Waals surface area (Å²) in [5, 5.41) is 14.0. The van der Waals surface area contributed by atoms with Gasteiger partial charge in [0.25, 0.3) is 0 Å². The minimum atomic E-state index is -0.421. The monoisotopic (exact) mass is 742 g/mol. The largest absolute Gasteiger partial charge is 0.633 e. The van der Waals surface area contributed by atoms with Crippen molar-refractivity contribution in [2.45, 2.75) is 37.8 Å². The zero-order valence-corrected chi connectivity index (χ0v) is 32.8. The second-order valence-electron chi connectivity index (χ2n) is 14.1. The molecular weight excluding hydrogens is 692 g/mol. The van der Waals surface area contributed by atoms with Crippen LogP contribution in [0.1, 0.15) is 45.5 Å². The second-order valence-corrected chi connectivity index (χ2v) is 14.1. The van der Waals surface area contributed by atoms with Gasteiger partial charge in [0, 0.05) is 53.2 Å². The first kappa shape index (κ1) is 37.3. The van der Waals surface area contributed by atoms with Crippen molar-refractivity contribution in [3.8, 4) is 68.6 Å². The number of hydrogen-bond acceptors (Lipinski definition) is 11. The molecule has 4 aromatic rings. The van der Waals surface area contributed by atoms with Crippen molar-refractivity contribution in [3.63, 3.8) is 0 Å². The van der Waals surface area contributed by atoms with Crippen LogP contribution in [-0.2, 0) is 25.7 Å². The van der Waals surface area contributed by atoms with Crippen LogP contribution in [0, 0.1) is 5.21 Å². The van der Waals surface area contributed by atoms with Gasteiger partial charge in [0.1, 0.15) is 11.8 Å². The predicted octanol–water partition coefficient (Wildman–Crippen LogP) is 7.08. The van der Waals surface area contributed by atoms with Crippen molar-refractivity contribution >= 4 is 0 Å². The Balaban J connectivity index is 1.29. The highest BCUT2D eigenvalue weighted by Crippen LogP contribution is 2.60. The van der Waals surface area contributed by atoms with E-state index in [4.69, 9.17) is 42.6 Å². The molecule has 12 heteroatoms. The molecule has 4 aromatic carbocycles. The third kappa shape index (κ3) is 5.87. The molecule has 0 unspecified atom stereocenters. The first-order chi connectivity index (χ1) is 26.1. The number of hydroxylamine groups is 3. The number of hydrogen-bond donors (Lipinski definition) is 0. The quantitative estimate of drug-likeness (QED) is 0.110. The van der Waals surface area contributed by atoms with Crippen LogP contribution in [0.4, 0.5) is 0 Å². The molecule has 0 bridgehead atoms. The average molecular weight is 743 g/mol. The maximum Gasteiger partial charge on any atom is 0.204 e. The summed E-state index contributed by atoms with van der Waals surface area (Å²) >= 11 is 0. The molecule has 0 spiro atoms. The molecule has 3 atom stereocenters. The van der Waals surface area contributed by atoms with E-state index >= 15 is 0 Å². The molecule has 1 aliphatic carbocycles. The molecule has 0 amide bonds. The highest BCUT2D eigenvalue weighted by Gasteiger charge is 2.42. The molecule has 0 radical (unpaired) electrons. The lowest BCUT2D eigenvalue weighted by atomic mass is 9.75. The summed E-state index contributed by atoms with van der Waals surface area (Å²) in [6, 6.07) is 11.5. The van der Waals surface area contributed by atoms with E-state index in [9.17, 15) is 5.21 Å². The van der Waals surface area contributed by atoms with E-state index in [1.165, 1.54) is 0 Å². The highest BCUT2D eigenvalue weighted by atomic mass is 16.6. The summed E-state index contributed by atoms with van der Waals surface area (Å²) in [5.74, 6) is 5.76. The third-order valence-electron chi connectivity index (χ3n) is 11.5. The van der Waals surface area contributed by atoms with Gasteiger partial charge in [-0.2, -0.15) is 0 Å². The number of nitrogens with zero attached hydrogens (tertiary/aromatic N) is 2. The minimum Gasteiger partial charge on any atom is -0.633 e. The lowest BCUT2D eigenvalue weighted by molar-refractivity contribution is -0.894. The lowest BCUT2D eigenvalue weighted by Crippen LogP contribution is -2.47. The van der Waals surface area contributed by atoms with Gasteiger partial charge in [-0.3, -0.25) is 4.90 Å². The average Bonchev–Trinajstić information content (AvgIpc) is 3.19. The molecule has 2 aliphatic heterocycles. The summed E-state index contributed by atoms with van der Waals surface area (Å²) in [5.41, 5.74) is 7.98. The van der Waals surface area contributed by atoms with Crippen molar-refractivity contribution in [3.05, 3.63) is 75.0 Å². The standard InChI is InChI=1S/C42H50N2O10/c1-43-17-15-26-34-30(43)20-29-28(35(34)41(52-9)42(53-10)37(26)49-6)22-33(47-4)40(51-8)38(29)54-24-13-11-23(12-14-24)19-31-27-21-32(46-3)39(50-7)36(48-5)25(27)16-18-44(31,2)45/h11-14,21-22,30-31H,15-20H2,1-10H3/t30-,31-,44-/m0/s1. The second kappa shape index (κ2) is 14.7. The normalized spacial score (nSPS) is 19.8. The summed E-state index contributed by atoms with van der Waals surface area (Å²) in [7, 11) is 16.9. The number of benzene rings is 4. The molecule has 3 aliphatic rings. The number of likely N-dealkylation sites (N-methyl/N-ethyl adjacent to an activating group) is 2. The molecule has 0 N–H and O–H groups in total. The van der Waals surface area contributed by atoms with Crippen molar-refractivity contribution < 1.29 is 47.3 Å². The Bertz CT molecular complexity index is 2060. The van der Waals surface area contributed by atoms with Crippen LogP contribution in [0.2, 0.25) is 0 Å². The molecule has 0 saturated carbocycles. The van der Waals surface area contributed by atoms with Gasteiger partial charge in [-0.15, -0.1) is 0 Å². The van der Waals surface area contributed by atoms with Crippen LogP contribution in [0.25, 0.3) is 11.1 Å². The van der Waals surface area contributed by atoms with Crippen LogP contribution in [0.3, 0.4) is 0 Å². The Morgan fingerprint density at radius 2 is 1.26 bits per heavy atom. The fraction of sp³-hybridized carbons (Fsp3) is 0.429. The zero-order valence-electron chi connectivity index (χ0n) is 32.8. The first-order valence-electron chi connectivity index (χ1n) is 18.1. The Morgan fingerprint density at radius 1 is 0.667 bits per heavy atom. The Kier molecular flexibility index (Phi) is 10.1. The smallest absolute Gasteiger partial charge is 0.204 e. The van der Waals surface area contributed by atoms with Crippen LogP contribution < -0.4 is 42.6 Å². The third-order valence-corrected chi connectivity index (χ3v) is 11.5. The van der Waals surface area contributed by atoms with Crippen LogP contribution in [0.15, 0.2) is 36.4 Å². The molecule has 7 rings (SSSR count). The van der Waals surface area contributed by atoms with Gasteiger partial charge in [0.05, 0.1) is 70.5 Å². The number of ether oxygens (including phenoxy) is 9. The summed E-state index contributed by atoms with van der Waals surface area (Å²) in [6.45, 7) is 1.26. The predicted molar refractivity (Wildman–Crippen MR) is 205 cm³/mol. The maximum atomic E-state index is 14.0. The number of quaternary nitrogens is 1. The van der Waals surface area contributed by atoms with E-state index in [0.29, 0.717) is 83.3 Å². The summed E-state index contributed by atoms with van der Waals surface area (Å²) in [4.78, 5) is 2.36. The molecule has 0 aromatic heterocycles. The van der Waals surface area contributed by atoms with Crippen molar-refractivity contribution in [2.24, 2.45) is 0 Å². The van der Waals surface area contributed by atoms with Gasteiger partial charge >= 0.3 is 0 Å². The fourth-order valence-electron chi connectivity index (χ4n) is 8.79. The van der Waals surface area contributed by atoms with Crippen LogP contribution >= 0.6 is 0 Å². The van der Waals surface area contributed by atoms with Crippen molar-refractivity contribution in [1.29, 1.82) is 0 Å². The molecule has 0 fully saturated rings. The molecule has 0 saturated heterocycles. The zero-order chi connectivity index (χ0) is 38.5. The maximum absolute atomic E-state index is 14.0. The van der Waals surface area contributed by atoms with Gasteiger partial charge in [-0.25, -0.2) is 0 Å². The molecular formula is C42H50N2O10. The van der Waals surface area contributed by atoms with E-state index < -0.39 is 4.65 Å². The highest BCUT2D eigenvalue weighted by molar-refractivity contribution is 5.89. The van der Waals surface area contributed by atoms with Gasteiger partial charge in [-0.1, -0.05) is 12.1 Å². The Hall–Kier alpha value is -5.04. The van der Waals surface area contributed by atoms with Gasteiger partial charge < -0.3 is 52.5 Å². The van der Waals surface area contributed by atoms with Crippen LogP contribution in [-0.4, -0.2) is 93.6 Å². The van der Waals surface area contributed by atoms with Gasteiger partial charge in [0.2, 0.25) is 17.2 Å². The van der Waals surface area contributed by atoms with Gasteiger partial charge in [0.15, 0.2) is 34.5 Å². The first-order valence-corrected chi connectivity index (χ1v) is 18.1. The van der Waals surface area contributed by atoms with E-state index in [0.717, 1.165) is 57.5 Å². The van der Waals surface area contributed by atoms with E-state index in [1.807, 2.05) is 36.4 Å². The van der Waals surface area contributed by atoms with Crippen molar-refractivity contribution in [1.82, 2.24) is 4.90 Å². The number of methoxy groups -OCH3 is 8. The fourth-order valence-corrected chi connectivity index (χ4v) is 8.79. The van der Waals surface area contributed by atoms with Crippen LogP contribution in [0.5, 0.6) is 57.5 Å². The minimum absolute atomic E-state index is 0.0305. The van der Waals surface area contributed by atoms with E-state index in [2.05, 4.69) is 11.9 Å². The lowest BCUT2D eigenvalue weighted by Gasteiger charge is -2.49. The summed E-state index contributed by atoms with van der Waals surface area (Å²) < 4.78 is 53.4. The molecule has 12 nitrogen and oxygen atoms in total. The Labute approximate surface area is 317 Å². The van der Waals surface area contributed by atoms with Gasteiger partial charge in [-0.05, 0) is 60.8 Å².